The molecule has 4 heteroatoms. The first-order chi connectivity index (χ1) is 11.9. The van der Waals surface area contributed by atoms with Gasteiger partial charge in [0.1, 0.15) is 5.41 Å². The summed E-state index contributed by atoms with van der Waals surface area (Å²) in [6, 6.07) is 15.4. The van der Waals surface area contributed by atoms with Crippen LogP contribution in [0.25, 0.3) is 0 Å². The predicted octanol–water partition coefficient (Wildman–Crippen LogP) is 4.48. The number of carbonyl (C=O) groups excluding carboxylic acids is 2. The first kappa shape index (κ1) is 17.2. The van der Waals surface area contributed by atoms with Gasteiger partial charge in [0.15, 0.2) is 0 Å². The van der Waals surface area contributed by atoms with E-state index < -0.39 is 5.41 Å². The Kier molecular flexibility index (Phi) is 4.62. The smallest absolute Gasteiger partial charge is 0.240 e. The van der Waals surface area contributed by atoms with Gasteiger partial charge in [0.25, 0.3) is 0 Å². The summed E-state index contributed by atoms with van der Waals surface area (Å²) in [6.45, 7) is 6.25. The molecule has 0 aliphatic heterocycles. The zero-order valence-corrected chi connectivity index (χ0v) is 14.9. The van der Waals surface area contributed by atoms with Crippen molar-refractivity contribution in [2.24, 2.45) is 5.41 Å². The van der Waals surface area contributed by atoms with Crippen molar-refractivity contribution >= 4 is 23.2 Å². The van der Waals surface area contributed by atoms with Gasteiger partial charge in [0.05, 0.1) is 0 Å². The summed E-state index contributed by atoms with van der Waals surface area (Å²) in [5, 5.41) is 5.75. The van der Waals surface area contributed by atoms with E-state index in [9.17, 15) is 9.59 Å². The van der Waals surface area contributed by atoms with Crippen molar-refractivity contribution in [3.8, 4) is 0 Å². The molecule has 0 saturated heterocycles. The average Bonchev–Trinajstić information content (AvgIpc) is 3.39. The number of aryl methyl sites for hydroxylation is 1. The third-order valence-electron chi connectivity index (χ3n) is 4.76. The van der Waals surface area contributed by atoms with E-state index in [-0.39, 0.29) is 11.8 Å². The zero-order valence-electron chi connectivity index (χ0n) is 14.9. The van der Waals surface area contributed by atoms with Gasteiger partial charge in [-0.05, 0) is 55.5 Å². The first-order valence-electron chi connectivity index (χ1n) is 8.70. The fourth-order valence-electron chi connectivity index (χ4n) is 2.77. The minimum absolute atomic E-state index is 0.227. The van der Waals surface area contributed by atoms with Gasteiger partial charge in [-0.2, -0.15) is 0 Å². The Morgan fingerprint density at radius 2 is 1.28 bits per heavy atom. The highest BCUT2D eigenvalue weighted by Crippen LogP contribution is 2.47. The van der Waals surface area contributed by atoms with Crippen LogP contribution in [0.4, 0.5) is 11.4 Å². The van der Waals surface area contributed by atoms with Gasteiger partial charge in [-0.1, -0.05) is 43.7 Å². The molecule has 0 aromatic heterocycles. The minimum atomic E-state index is -0.943. The molecule has 1 saturated carbocycles. The molecule has 1 aliphatic carbocycles. The molecule has 2 N–H and O–H groups in total. The molecule has 2 aromatic carbocycles. The van der Waals surface area contributed by atoms with Gasteiger partial charge in [0, 0.05) is 11.4 Å². The third kappa shape index (κ3) is 3.73. The van der Waals surface area contributed by atoms with Crippen molar-refractivity contribution in [2.45, 2.75) is 39.5 Å². The number of benzene rings is 2. The molecule has 1 fully saturated rings. The quantitative estimate of drug-likeness (QED) is 0.791. The normalized spacial score (nSPS) is 14.9. The molecular formula is C21H24N2O2. The summed E-state index contributed by atoms with van der Waals surface area (Å²) in [5.41, 5.74) is 2.85. The molecule has 0 radical (unpaired) electrons. The summed E-state index contributed by atoms with van der Waals surface area (Å²) in [7, 11) is 0. The van der Waals surface area contributed by atoms with Crippen molar-refractivity contribution in [3.63, 3.8) is 0 Å². The van der Waals surface area contributed by atoms with Gasteiger partial charge in [0.2, 0.25) is 11.8 Å². The van der Waals surface area contributed by atoms with Crippen LogP contribution in [0.5, 0.6) is 0 Å². The van der Waals surface area contributed by atoms with Crippen LogP contribution in [-0.2, 0) is 9.59 Å². The van der Waals surface area contributed by atoms with Crippen LogP contribution in [0.3, 0.4) is 0 Å². The standard InChI is InChI=1S/C21H24N2O2/c1-14(2)16-6-10-18(11-7-16)23-20(25)21(12-13-21)19(24)22-17-8-4-15(3)5-9-17/h4-11,14H,12-13H2,1-3H3,(H,22,24)(H,23,25). The Hall–Kier alpha value is -2.62. The van der Waals surface area contributed by atoms with E-state index in [1.165, 1.54) is 5.56 Å². The molecule has 0 bridgehead atoms. The summed E-state index contributed by atoms with van der Waals surface area (Å²) in [5.74, 6) is -0.0122. The fourth-order valence-corrected chi connectivity index (χ4v) is 2.77. The van der Waals surface area contributed by atoms with E-state index in [0.717, 1.165) is 16.9 Å². The molecule has 3 rings (SSSR count). The monoisotopic (exact) mass is 336 g/mol. The second kappa shape index (κ2) is 6.71. The molecule has 1 aliphatic rings. The van der Waals surface area contributed by atoms with Crippen LogP contribution in [0.15, 0.2) is 48.5 Å². The van der Waals surface area contributed by atoms with Crippen molar-refractivity contribution < 1.29 is 9.59 Å². The zero-order chi connectivity index (χ0) is 18.0. The number of amides is 2. The Bertz CT molecular complexity index is 773. The van der Waals surface area contributed by atoms with E-state index in [1.807, 2.05) is 55.5 Å². The van der Waals surface area contributed by atoms with Crippen molar-refractivity contribution in [1.29, 1.82) is 0 Å². The molecule has 2 amide bonds. The highest BCUT2D eigenvalue weighted by molar-refractivity contribution is 6.16. The van der Waals surface area contributed by atoms with Crippen molar-refractivity contribution in [2.75, 3.05) is 10.6 Å². The average molecular weight is 336 g/mol. The van der Waals surface area contributed by atoms with Crippen LogP contribution in [-0.4, -0.2) is 11.8 Å². The Labute approximate surface area is 148 Å². The van der Waals surface area contributed by atoms with Gasteiger partial charge >= 0.3 is 0 Å². The molecule has 0 atom stereocenters. The summed E-state index contributed by atoms with van der Waals surface area (Å²) >= 11 is 0. The largest absolute Gasteiger partial charge is 0.325 e. The molecule has 130 valence electrons. The molecule has 4 nitrogen and oxygen atoms in total. The highest BCUT2D eigenvalue weighted by atomic mass is 16.2. The third-order valence-corrected chi connectivity index (χ3v) is 4.76. The Morgan fingerprint density at radius 3 is 1.68 bits per heavy atom. The van der Waals surface area contributed by atoms with E-state index in [1.54, 1.807) is 0 Å². The molecule has 0 unspecified atom stereocenters. The van der Waals surface area contributed by atoms with Gasteiger partial charge in [-0.15, -0.1) is 0 Å². The predicted molar refractivity (Wildman–Crippen MR) is 101 cm³/mol. The van der Waals surface area contributed by atoms with E-state index in [4.69, 9.17) is 0 Å². The maximum atomic E-state index is 12.6. The molecular weight excluding hydrogens is 312 g/mol. The number of carbonyl (C=O) groups is 2. The summed E-state index contributed by atoms with van der Waals surface area (Å²) in [4.78, 5) is 25.2. The lowest BCUT2D eigenvalue weighted by Gasteiger charge is -2.16. The first-order valence-corrected chi connectivity index (χ1v) is 8.70. The number of hydrogen-bond donors (Lipinski definition) is 2. The van der Waals surface area contributed by atoms with Crippen LogP contribution in [0, 0.1) is 12.3 Å². The molecule has 0 heterocycles. The van der Waals surface area contributed by atoms with E-state index in [2.05, 4.69) is 24.5 Å². The van der Waals surface area contributed by atoms with Crippen LogP contribution in [0.1, 0.15) is 43.7 Å². The van der Waals surface area contributed by atoms with E-state index >= 15 is 0 Å². The lowest BCUT2D eigenvalue weighted by molar-refractivity contribution is -0.131. The minimum Gasteiger partial charge on any atom is -0.325 e. The lowest BCUT2D eigenvalue weighted by Crippen LogP contribution is -2.35. The maximum Gasteiger partial charge on any atom is 0.240 e. The van der Waals surface area contributed by atoms with Crippen LogP contribution in [0.2, 0.25) is 0 Å². The Morgan fingerprint density at radius 1 is 0.840 bits per heavy atom. The lowest BCUT2D eigenvalue weighted by atomic mass is 10.0. The summed E-state index contributed by atoms with van der Waals surface area (Å²) < 4.78 is 0. The SMILES string of the molecule is Cc1ccc(NC(=O)C2(C(=O)Nc3ccc(C(C)C)cc3)CC2)cc1. The van der Waals surface area contributed by atoms with Crippen molar-refractivity contribution in [3.05, 3.63) is 59.7 Å². The van der Waals surface area contributed by atoms with E-state index in [0.29, 0.717) is 18.8 Å². The fraction of sp³-hybridized carbons (Fsp3) is 0.333. The second-order valence-electron chi connectivity index (χ2n) is 7.13. The van der Waals surface area contributed by atoms with Gasteiger partial charge in [-0.25, -0.2) is 0 Å². The number of hydrogen-bond acceptors (Lipinski definition) is 2. The van der Waals surface area contributed by atoms with Gasteiger partial charge < -0.3 is 10.6 Å². The molecule has 0 spiro atoms. The van der Waals surface area contributed by atoms with Crippen molar-refractivity contribution in [1.82, 2.24) is 0 Å². The number of anilines is 2. The van der Waals surface area contributed by atoms with Gasteiger partial charge in [-0.3, -0.25) is 9.59 Å². The number of rotatable bonds is 5. The summed E-state index contributed by atoms with van der Waals surface area (Å²) in [6.07, 6.45) is 1.17. The second-order valence-corrected chi connectivity index (χ2v) is 7.13. The maximum absolute atomic E-state index is 12.6. The highest BCUT2D eigenvalue weighted by Gasteiger charge is 2.56. The number of nitrogens with one attached hydrogen (secondary N) is 2. The Balaban J connectivity index is 1.66. The van der Waals surface area contributed by atoms with Crippen LogP contribution < -0.4 is 10.6 Å². The van der Waals surface area contributed by atoms with Crippen LogP contribution >= 0.6 is 0 Å². The molecule has 25 heavy (non-hydrogen) atoms. The topological polar surface area (TPSA) is 58.2 Å². The molecule has 2 aromatic rings.